The molecule has 0 unspecified atom stereocenters. The summed E-state index contributed by atoms with van der Waals surface area (Å²) in [6, 6.07) is 11.8. The first kappa shape index (κ1) is 23.8. The zero-order valence-corrected chi connectivity index (χ0v) is 20.0. The predicted molar refractivity (Wildman–Crippen MR) is 128 cm³/mol. The Balaban J connectivity index is 1.54. The van der Waals surface area contributed by atoms with Crippen molar-refractivity contribution in [1.29, 1.82) is 0 Å². The largest absolute Gasteiger partial charge is 0.497 e. The molecule has 180 valence electrons. The number of ether oxygens (including phenoxy) is 4. The number of aryl methyl sites for hydroxylation is 1. The highest BCUT2D eigenvalue weighted by atomic mass is 16.7. The van der Waals surface area contributed by atoms with Gasteiger partial charge in [0.25, 0.3) is 5.91 Å². The van der Waals surface area contributed by atoms with Crippen LogP contribution in [0.15, 0.2) is 51.7 Å². The van der Waals surface area contributed by atoms with Gasteiger partial charge in [0.2, 0.25) is 6.29 Å². The van der Waals surface area contributed by atoms with Gasteiger partial charge in [0.1, 0.15) is 22.8 Å². The normalized spacial score (nSPS) is 19.6. The van der Waals surface area contributed by atoms with Crippen molar-refractivity contribution < 1.29 is 28.2 Å². The van der Waals surface area contributed by atoms with E-state index in [2.05, 4.69) is 5.32 Å². The van der Waals surface area contributed by atoms with Gasteiger partial charge in [-0.25, -0.2) is 4.79 Å². The molecule has 1 fully saturated rings. The van der Waals surface area contributed by atoms with Gasteiger partial charge in [-0.2, -0.15) is 0 Å². The lowest BCUT2D eigenvalue weighted by Gasteiger charge is -2.41. The SMILES string of the molecule is COc1ccc(C(=O)Nc2cc3ccc(O[C@H]4CC[C@@H](OC)C(C)(C)O4)c(C)c3oc2=O)cc1. The summed E-state index contributed by atoms with van der Waals surface area (Å²) in [7, 11) is 3.23. The number of methoxy groups -OCH3 is 2. The van der Waals surface area contributed by atoms with Gasteiger partial charge in [0, 0.05) is 30.0 Å². The van der Waals surface area contributed by atoms with Crippen LogP contribution < -0.4 is 20.4 Å². The lowest BCUT2D eigenvalue weighted by Crippen LogP contribution is -2.49. The summed E-state index contributed by atoms with van der Waals surface area (Å²) < 4.78 is 28.4. The van der Waals surface area contributed by atoms with Crippen LogP contribution in [0.5, 0.6) is 11.5 Å². The summed E-state index contributed by atoms with van der Waals surface area (Å²) >= 11 is 0. The second-order valence-corrected chi connectivity index (χ2v) is 8.81. The summed E-state index contributed by atoms with van der Waals surface area (Å²) in [5.41, 5.74) is 0.405. The van der Waals surface area contributed by atoms with Crippen molar-refractivity contribution in [2.75, 3.05) is 19.5 Å². The molecule has 0 aliphatic carbocycles. The first-order valence-corrected chi connectivity index (χ1v) is 11.1. The quantitative estimate of drug-likeness (QED) is 0.526. The number of anilines is 1. The molecular weight excluding hydrogens is 438 g/mol. The molecule has 1 aliphatic heterocycles. The zero-order chi connectivity index (χ0) is 24.5. The summed E-state index contributed by atoms with van der Waals surface area (Å²) in [6.07, 6.45) is 1.05. The van der Waals surface area contributed by atoms with E-state index in [9.17, 15) is 9.59 Å². The van der Waals surface area contributed by atoms with Gasteiger partial charge >= 0.3 is 5.63 Å². The van der Waals surface area contributed by atoms with Gasteiger partial charge in [-0.1, -0.05) is 0 Å². The van der Waals surface area contributed by atoms with E-state index in [4.69, 9.17) is 23.4 Å². The second-order valence-electron chi connectivity index (χ2n) is 8.81. The number of hydrogen-bond acceptors (Lipinski definition) is 7. The number of hydrogen-bond donors (Lipinski definition) is 1. The Labute approximate surface area is 197 Å². The van der Waals surface area contributed by atoms with Crippen LogP contribution in [-0.2, 0) is 9.47 Å². The van der Waals surface area contributed by atoms with Crippen LogP contribution in [0, 0.1) is 6.92 Å². The fourth-order valence-corrected chi connectivity index (χ4v) is 4.19. The van der Waals surface area contributed by atoms with Gasteiger partial charge in [-0.05, 0) is 69.7 Å². The number of amides is 1. The Morgan fingerprint density at radius 1 is 1.09 bits per heavy atom. The highest BCUT2D eigenvalue weighted by Crippen LogP contribution is 2.34. The molecule has 3 aromatic rings. The lowest BCUT2D eigenvalue weighted by atomic mass is 9.94. The van der Waals surface area contributed by atoms with Crippen LogP contribution in [0.3, 0.4) is 0 Å². The predicted octanol–water partition coefficient (Wildman–Crippen LogP) is 4.67. The van der Waals surface area contributed by atoms with Crippen LogP contribution in [0.4, 0.5) is 5.69 Å². The molecule has 1 saturated heterocycles. The van der Waals surface area contributed by atoms with Gasteiger partial charge in [0.15, 0.2) is 0 Å². The second kappa shape index (κ2) is 9.48. The molecule has 0 bridgehead atoms. The van der Waals surface area contributed by atoms with Crippen molar-refractivity contribution in [2.45, 2.75) is 51.6 Å². The molecule has 1 aliphatic rings. The van der Waals surface area contributed by atoms with E-state index in [1.54, 1.807) is 50.6 Å². The van der Waals surface area contributed by atoms with Crippen LogP contribution in [0.2, 0.25) is 0 Å². The molecule has 2 aromatic carbocycles. The summed E-state index contributed by atoms with van der Waals surface area (Å²) in [5, 5.41) is 3.29. The molecular formula is C26H29NO7. The minimum Gasteiger partial charge on any atom is -0.497 e. The zero-order valence-electron chi connectivity index (χ0n) is 20.0. The van der Waals surface area contributed by atoms with Gasteiger partial charge in [-0.15, -0.1) is 0 Å². The molecule has 0 radical (unpaired) electrons. The highest BCUT2D eigenvalue weighted by Gasteiger charge is 2.39. The molecule has 0 saturated carbocycles. The molecule has 1 aromatic heterocycles. The first-order valence-electron chi connectivity index (χ1n) is 11.1. The molecule has 1 amide bonds. The maximum Gasteiger partial charge on any atom is 0.360 e. The van der Waals surface area contributed by atoms with Crippen molar-refractivity contribution in [3.63, 3.8) is 0 Å². The standard InChI is InChI=1S/C26H29NO7/c1-15-20(32-22-13-12-21(31-5)26(2,3)34-22)11-8-17-14-19(25(29)33-23(15)17)27-24(28)16-6-9-18(30-4)10-7-16/h6-11,14,21-22H,12-13H2,1-5H3,(H,27,28)/t21-,22-/m1/s1. The summed E-state index contributed by atoms with van der Waals surface area (Å²) in [6.45, 7) is 5.78. The topological polar surface area (TPSA) is 96.2 Å². The Kier molecular flexibility index (Phi) is 6.63. The maximum atomic E-state index is 12.6. The van der Waals surface area contributed by atoms with Crippen molar-refractivity contribution in [1.82, 2.24) is 0 Å². The lowest BCUT2D eigenvalue weighted by molar-refractivity contribution is -0.233. The van der Waals surface area contributed by atoms with E-state index < -0.39 is 23.4 Å². The molecule has 8 nitrogen and oxygen atoms in total. The van der Waals surface area contributed by atoms with Crippen LogP contribution in [0.1, 0.15) is 42.6 Å². The van der Waals surface area contributed by atoms with Gasteiger partial charge in [-0.3, -0.25) is 4.79 Å². The summed E-state index contributed by atoms with van der Waals surface area (Å²) in [4.78, 5) is 25.2. The maximum absolute atomic E-state index is 12.6. The van der Waals surface area contributed by atoms with E-state index in [1.807, 2.05) is 26.8 Å². The molecule has 34 heavy (non-hydrogen) atoms. The fraction of sp³-hybridized carbons (Fsp3) is 0.385. The van der Waals surface area contributed by atoms with Crippen LogP contribution in [0.25, 0.3) is 11.0 Å². The Hall–Kier alpha value is -3.36. The molecule has 2 atom stereocenters. The van der Waals surface area contributed by atoms with E-state index in [1.165, 1.54) is 0 Å². The van der Waals surface area contributed by atoms with Crippen molar-refractivity contribution in [3.8, 4) is 11.5 Å². The highest BCUT2D eigenvalue weighted by molar-refractivity contribution is 6.04. The Bertz CT molecular complexity index is 1250. The molecule has 4 rings (SSSR count). The minimum absolute atomic E-state index is 0.00498. The number of rotatable bonds is 6. The molecule has 0 spiro atoms. The van der Waals surface area contributed by atoms with E-state index in [0.717, 1.165) is 6.42 Å². The molecule has 2 heterocycles. The third kappa shape index (κ3) is 4.78. The number of fused-ring (bicyclic) bond motifs is 1. The van der Waals surface area contributed by atoms with Crippen molar-refractivity contribution in [3.05, 3.63) is 64.0 Å². The average molecular weight is 468 g/mol. The summed E-state index contributed by atoms with van der Waals surface area (Å²) in [5.74, 6) is 0.788. The van der Waals surface area contributed by atoms with Crippen molar-refractivity contribution in [2.24, 2.45) is 0 Å². The van der Waals surface area contributed by atoms with Gasteiger partial charge < -0.3 is 28.7 Å². The molecule has 8 heteroatoms. The molecule has 1 N–H and O–H groups in total. The minimum atomic E-state index is -0.646. The third-order valence-corrected chi connectivity index (χ3v) is 6.12. The number of carbonyl (C=O) groups excluding carboxylic acids is 1. The third-order valence-electron chi connectivity index (χ3n) is 6.12. The smallest absolute Gasteiger partial charge is 0.360 e. The Morgan fingerprint density at radius 2 is 1.82 bits per heavy atom. The fourth-order valence-electron chi connectivity index (χ4n) is 4.19. The number of nitrogens with one attached hydrogen (secondary N) is 1. The Morgan fingerprint density at radius 3 is 2.47 bits per heavy atom. The number of carbonyl (C=O) groups is 1. The van der Waals surface area contributed by atoms with Crippen molar-refractivity contribution >= 4 is 22.6 Å². The van der Waals surface area contributed by atoms with E-state index in [0.29, 0.717) is 40.0 Å². The monoisotopic (exact) mass is 467 g/mol. The van der Waals surface area contributed by atoms with E-state index >= 15 is 0 Å². The van der Waals surface area contributed by atoms with Gasteiger partial charge in [0.05, 0.1) is 18.8 Å². The van der Waals surface area contributed by atoms with E-state index in [-0.39, 0.29) is 11.8 Å². The first-order chi connectivity index (χ1) is 16.2. The van der Waals surface area contributed by atoms with Crippen LogP contribution in [-0.4, -0.2) is 38.1 Å². The average Bonchev–Trinajstić information content (AvgIpc) is 2.81. The number of benzene rings is 2. The van der Waals surface area contributed by atoms with Crippen LogP contribution >= 0.6 is 0 Å².